The van der Waals surface area contributed by atoms with Crippen LogP contribution < -0.4 is 0 Å². The summed E-state index contributed by atoms with van der Waals surface area (Å²) in [4.78, 5) is 0. The number of aliphatic hydroxyl groups excluding tert-OH is 1. The van der Waals surface area contributed by atoms with Crippen molar-refractivity contribution in [2.75, 3.05) is 0 Å². The summed E-state index contributed by atoms with van der Waals surface area (Å²) in [6, 6.07) is 10.5. The van der Waals surface area contributed by atoms with Crippen molar-refractivity contribution in [3.63, 3.8) is 0 Å². The zero-order valence-corrected chi connectivity index (χ0v) is 10.4. The van der Waals surface area contributed by atoms with Crippen molar-refractivity contribution >= 4 is 0 Å². The molecule has 0 spiro atoms. The standard InChI is InChI=1S/C13H18N4O/c18-11-13-14-15-16-17(13)10-6-2-5-9-12-7-3-1-4-8-12/h1,3-4,7-8,18H,2,5-6,9-11H2. The van der Waals surface area contributed by atoms with Crippen LogP contribution >= 0.6 is 0 Å². The molecular weight excluding hydrogens is 228 g/mol. The van der Waals surface area contributed by atoms with Gasteiger partial charge in [0.15, 0.2) is 5.82 Å². The summed E-state index contributed by atoms with van der Waals surface area (Å²) in [7, 11) is 0. The molecule has 18 heavy (non-hydrogen) atoms. The van der Waals surface area contributed by atoms with Crippen molar-refractivity contribution in [3.05, 3.63) is 41.7 Å². The normalized spacial score (nSPS) is 10.7. The second-order valence-corrected chi connectivity index (χ2v) is 4.27. The van der Waals surface area contributed by atoms with Crippen LogP contribution in [0.3, 0.4) is 0 Å². The second-order valence-electron chi connectivity index (χ2n) is 4.27. The van der Waals surface area contributed by atoms with Gasteiger partial charge in [0.25, 0.3) is 0 Å². The van der Waals surface area contributed by atoms with Crippen molar-refractivity contribution in [2.45, 2.75) is 38.8 Å². The quantitative estimate of drug-likeness (QED) is 0.753. The predicted molar refractivity (Wildman–Crippen MR) is 67.7 cm³/mol. The van der Waals surface area contributed by atoms with Crippen LogP contribution in [0.25, 0.3) is 0 Å². The molecule has 2 aromatic rings. The molecule has 5 nitrogen and oxygen atoms in total. The van der Waals surface area contributed by atoms with Crippen molar-refractivity contribution in [1.29, 1.82) is 0 Å². The molecule has 0 saturated heterocycles. The van der Waals surface area contributed by atoms with Gasteiger partial charge in [-0.15, -0.1) is 5.10 Å². The van der Waals surface area contributed by atoms with Crippen LogP contribution in [0.15, 0.2) is 30.3 Å². The van der Waals surface area contributed by atoms with Gasteiger partial charge in [0, 0.05) is 6.54 Å². The van der Waals surface area contributed by atoms with Crippen molar-refractivity contribution in [1.82, 2.24) is 20.2 Å². The average Bonchev–Trinajstić information content (AvgIpc) is 2.87. The molecular formula is C13H18N4O. The summed E-state index contributed by atoms with van der Waals surface area (Å²) < 4.78 is 1.67. The van der Waals surface area contributed by atoms with E-state index in [0.29, 0.717) is 5.82 Å². The first-order chi connectivity index (χ1) is 8.90. The molecule has 1 N–H and O–H groups in total. The van der Waals surface area contributed by atoms with Gasteiger partial charge in [-0.25, -0.2) is 4.68 Å². The largest absolute Gasteiger partial charge is 0.388 e. The highest BCUT2D eigenvalue weighted by Gasteiger charge is 2.03. The summed E-state index contributed by atoms with van der Waals surface area (Å²) in [5.74, 6) is 0.540. The van der Waals surface area contributed by atoms with E-state index in [1.54, 1.807) is 4.68 Å². The molecule has 0 aliphatic carbocycles. The second kappa shape index (κ2) is 6.86. The number of rotatable bonds is 7. The fourth-order valence-corrected chi connectivity index (χ4v) is 1.92. The van der Waals surface area contributed by atoms with Gasteiger partial charge in [0.2, 0.25) is 0 Å². The van der Waals surface area contributed by atoms with Gasteiger partial charge < -0.3 is 5.11 Å². The Balaban J connectivity index is 1.65. The van der Waals surface area contributed by atoms with Crippen LogP contribution in [0.4, 0.5) is 0 Å². The maximum Gasteiger partial charge on any atom is 0.176 e. The molecule has 0 atom stereocenters. The first-order valence-corrected chi connectivity index (χ1v) is 6.30. The van der Waals surface area contributed by atoms with E-state index in [4.69, 9.17) is 5.11 Å². The Morgan fingerprint density at radius 3 is 2.67 bits per heavy atom. The number of aromatic nitrogens is 4. The Morgan fingerprint density at radius 1 is 1.06 bits per heavy atom. The highest BCUT2D eigenvalue weighted by molar-refractivity contribution is 5.14. The van der Waals surface area contributed by atoms with Crippen LogP contribution in [0.1, 0.15) is 30.7 Å². The van der Waals surface area contributed by atoms with Crippen LogP contribution in [0.5, 0.6) is 0 Å². The minimum Gasteiger partial charge on any atom is -0.388 e. The maximum absolute atomic E-state index is 9.00. The zero-order chi connectivity index (χ0) is 12.6. The molecule has 0 bridgehead atoms. The topological polar surface area (TPSA) is 63.8 Å². The molecule has 0 saturated carbocycles. The van der Waals surface area contributed by atoms with Gasteiger partial charge in [0.05, 0.1) is 0 Å². The fraction of sp³-hybridized carbons (Fsp3) is 0.462. The molecule has 2 rings (SSSR count). The van der Waals surface area contributed by atoms with Gasteiger partial charge >= 0.3 is 0 Å². The van der Waals surface area contributed by atoms with Crippen molar-refractivity contribution in [3.8, 4) is 0 Å². The van der Waals surface area contributed by atoms with E-state index in [0.717, 1.165) is 25.8 Å². The maximum atomic E-state index is 9.00. The molecule has 0 aliphatic heterocycles. The molecule has 0 fully saturated rings. The average molecular weight is 246 g/mol. The minimum absolute atomic E-state index is 0.100. The first kappa shape index (κ1) is 12.7. The van der Waals surface area contributed by atoms with Crippen LogP contribution in [0, 0.1) is 0 Å². The SMILES string of the molecule is OCc1nnnn1CCCCCc1ccccc1. The molecule has 1 aromatic heterocycles. The molecule has 1 aromatic carbocycles. The number of tetrazole rings is 1. The highest BCUT2D eigenvalue weighted by Crippen LogP contribution is 2.07. The minimum atomic E-state index is -0.100. The number of aliphatic hydroxyl groups is 1. The van der Waals surface area contributed by atoms with E-state index >= 15 is 0 Å². The fourth-order valence-electron chi connectivity index (χ4n) is 1.92. The third-order valence-corrected chi connectivity index (χ3v) is 2.93. The Morgan fingerprint density at radius 2 is 1.89 bits per heavy atom. The van der Waals surface area contributed by atoms with E-state index in [1.165, 1.54) is 12.0 Å². The van der Waals surface area contributed by atoms with E-state index < -0.39 is 0 Å². The first-order valence-electron chi connectivity index (χ1n) is 6.30. The Labute approximate surface area is 106 Å². The Kier molecular flexibility index (Phi) is 4.84. The molecule has 0 radical (unpaired) electrons. The third kappa shape index (κ3) is 3.63. The number of hydrogen-bond acceptors (Lipinski definition) is 4. The van der Waals surface area contributed by atoms with Gasteiger partial charge in [0.1, 0.15) is 6.61 Å². The number of benzene rings is 1. The summed E-state index contributed by atoms with van der Waals surface area (Å²) in [5.41, 5.74) is 1.39. The monoisotopic (exact) mass is 246 g/mol. The van der Waals surface area contributed by atoms with Crippen LogP contribution in [0.2, 0.25) is 0 Å². The molecule has 5 heteroatoms. The van der Waals surface area contributed by atoms with Crippen molar-refractivity contribution in [2.24, 2.45) is 0 Å². The number of unbranched alkanes of at least 4 members (excludes halogenated alkanes) is 2. The van der Waals surface area contributed by atoms with E-state index in [1.807, 2.05) is 6.07 Å². The molecule has 0 amide bonds. The summed E-state index contributed by atoms with van der Waals surface area (Å²) in [6.07, 6.45) is 4.45. The van der Waals surface area contributed by atoms with Gasteiger partial charge in [-0.1, -0.05) is 36.8 Å². The van der Waals surface area contributed by atoms with E-state index in [9.17, 15) is 0 Å². The van der Waals surface area contributed by atoms with Gasteiger partial charge in [-0.3, -0.25) is 0 Å². The predicted octanol–water partition coefficient (Wildman–Crippen LogP) is 1.58. The van der Waals surface area contributed by atoms with Gasteiger partial charge in [-0.2, -0.15) is 0 Å². The number of aryl methyl sites for hydroxylation is 2. The van der Waals surface area contributed by atoms with Crippen LogP contribution in [-0.2, 0) is 19.6 Å². The van der Waals surface area contributed by atoms with Crippen LogP contribution in [-0.4, -0.2) is 25.3 Å². The lowest BCUT2D eigenvalue weighted by Gasteiger charge is -2.03. The van der Waals surface area contributed by atoms with E-state index in [2.05, 4.69) is 39.8 Å². The summed E-state index contributed by atoms with van der Waals surface area (Å²) >= 11 is 0. The lowest BCUT2D eigenvalue weighted by molar-refractivity contribution is 0.261. The third-order valence-electron chi connectivity index (χ3n) is 2.93. The number of hydrogen-bond donors (Lipinski definition) is 1. The number of nitrogens with zero attached hydrogens (tertiary/aromatic N) is 4. The molecule has 0 unspecified atom stereocenters. The molecule has 0 aliphatic rings. The summed E-state index contributed by atoms with van der Waals surface area (Å²) in [6.45, 7) is 0.675. The zero-order valence-electron chi connectivity index (χ0n) is 10.4. The van der Waals surface area contributed by atoms with Gasteiger partial charge in [-0.05, 0) is 35.3 Å². The van der Waals surface area contributed by atoms with Crippen molar-refractivity contribution < 1.29 is 5.11 Å². The lowest BCUT2D eigenvalue weighted by atomic mass is 10.1. The molecule has 1 heterocycles. The highest BCUT2D eigenvalue weighted by atomic mass is 16.3. The van der Waals surface area contributed by atoms with E-state index in [-0.39, 0.29) is 6.61 Å². The molecule has 96 valence electrons. The Bertz CT molecular complexity index is 455. The Hall–Kier alpha value is -1.75. The smallest absolute Gasteiger partial charge is 0.176 e. The lowest BCUT2D eigenvalue weighted by Crippen LogP contribution is -2.06. The summed E-state index contributed by atoms with van der Waals surface area (Å²) in [5, 5.41) is 20.1.